The Kier molecular flexibility index (Phi) is 4.13. The highest BCUT2D eigenvalue weighted by Crippen LogP contribution is 2.39. The van der Waals surface area contributed by atoms with E-state index in [-0.39, 0.29) is 17.2 Å². The summed E-state index contributed by atoms with van der Waals surface area (Å²) in [5.74, 6) is 2.07. The summed E-state index contributed by atoms with van der Waals surface area (Å²) >= 11 is 0. The van der Waals surface area contributed by atoms with E-state index in [2.05, 4.69) is 16.0 Å². The molecule has 2 aromatic heterocycles. The number of rotatable bonds is 3. The number of benzene rings is 1. The first-order valence-corrected chi connectivity index (χ1v) is 9.67. The predicted octanol–water partition coefficient (Wildman–Crippen LogP) is 3.01. The lowest BCUT2D eigenvalue weighted by molar-refractivity contribution is 0.275. The molecule has 1 aromatic carbocycles. The summed E-state index contributed by atoms with van der Waals surface area (Å²) in [5, 5.41) is 9.66. The molecule has 29 heavy (non-hydrogen) atoms. The number of ether oxygens (including phenoxy) is 1. The van der Waals surface area contributed by atoms with Crippen LogP contribution < -0.4 is 15.2 Å². The summed E-state index contributed by atoms with van der Waals surface area (Å²) in [6.45, 7) is 2.11. The number of hydrogen-bond acceptors (Lipinski definition) is 6. The van der Waals surface area contributed by atoms with Gasteiger partial charge in [0.05, 0.1) is 12.7 Å². The summed E-state index contributed by atoms with van der Waals surface area (Å²) < 4.78 is 13.4. The Morgan fingerprint density at radius 3 is 2.86 bits per heavy atom. The Morgan fingerprint density at radius 1 is 1.17 bits per heavy atom. The number of piperidine rings is 1. The van der Waals surface area contributed by atoms with Crippen LogP contribution in [0, 0.1) is 17.2 Å². The SMILES string of the molecule is COc1ccccc1-c1nc(C#N)c(N2CC3CC(C2)c2cccc(=O)n2C3)o1. The van der Waals surface area contributed by atoms with E-state index in [1.54, 1.807) is 13.2 Å². The monoisotopic (exact) mass is 388 g/mol. The van der Waals surface area contributed by atoms with E-state index in [9.17, 15) is 10.1 Å². The van der Waals surface area contributed by atoms with E-state index >= 15 is 0 Å². The molecule has 0 spiro atoms. The van der Waals surface area contributed by atoms with Crippen LogP contribution >= 0.6 is 0 Å². The maximum absolute atomic E-state index is 12.2. The van der Waals surface area contributed by atoms with Crippen molar-refractivity contribution in [2.24, 2.45) is 5.92 Å². The van der Waals surface area contributed by atoms with E-state index in [1.165, 1.54) is 0 Å². The molecule has 7 nitrogen and oxygen atoms in total. The fourth-order valence-electron chi connectivity index (χ4n) is 4.60. The Balaban J connectivity index is 1.52. The smallest absolute Gasteiger partial charge is 0.250 e. The number of oxazole rings is 1. The first-order valence-electron chi connectivity index (χ1n) is 9.67. The Bertz CT molecular complexity index is 1170. The zero-order chi connectivity index (χ0) is 20.0. The molecule has 146 valence electrons. The van der Waals surface area contributed by atoms with Gasteiger partial charge in [0.2, 0.25) is 17.5 Å². The number of pyridine rings is 1. The van der Waals surface area contributed by atoms with Crippen LogP contribution in [-0.2, 0) is 6.54 Å². The number of nitrogens with zero attached hydrogens (tertiary/aromatic N) is 4. The van der Waals surface area contributed by atoms with Crippen molar-refractivity contribution >= 4 is 5.88 Å². The van der Waals surface area contributed by atoms with Gasteiger partial charge in [0, 0.05) is 37.3 Å². The van der Waals surface area contributed by atoms with Crippen LogP contribution in [0.15, 0.2) is 51.7 Å². The second-order valence-corrected chi connectivity index (χ2v) is 7.59. The van der Waals surface area contributed by atoms with Crippen molar-refractivity contribution in [1.82, 2.24) is 9.55 Å². The second kappa shape index (κ2) is 6.82. The normalized spacial score (nSPS) is 20.1. The molecule has 0 aliphatic carbocycles. The van der Waals surface area contributed by atoms with Gasteiger partial charge in [-0.1, -0.05) is 18.2 Å². The van der Waals surface area contributed by atoms with Gasteiger partial charge in [-0.25, -0.2) is 0 Å². The standard InChI is InChI=1S/C22H20N4O3/c1-28-19-7-3-2-5-16(19)21-24-17(10-23)22(29-21)25-11-14-9-15(13-25)18-6-4-8-20(27)26(18)12-14/h2-8,14-15H,9,11-13H2,1H3. The third-order valence-electron chi connectivity index (χ3n) is 5.82. The minimum atomic E-state index is 0.0569. The summed E-state index contributed by atoms with van der Waals surface area (Å²) in [6.07, 6.45) is 1.04. The number of aromatic nitrogens is 2. The van der Waals surface area contributed by atoms with Crippen LogP contribution in [-0.4, -0.2) is 29.8 Å². The first kappa shape index (κ1) is 17.6. The number of fused-ring (bicyclic) bond motifs is 4. The summed E-state index contributed by atoms with van der Waals surface area (Å²) in [6, 6.07) is 15.1. The Morgan fingerprint density at radius 2 is 2.03 bits per heavy atom. The minimum Gasteiger partial charge on any atom is -0.496 e. The summed E-state index contributed by atoms with van der Waals surface area (Å²) in [7, 11) is 1.60. The lowest BCUT2D eigenvalue weighted by Gasteiger charge is -2.42. The molecule has 1 fully saturated rings. The fraction of sp³-hybridized carbons (Fsp3) is 0.318. The van der Waals surface area contributed by atoms with Crippen LogP contribution in [0.2, 0.25) is 0 Å². The Labute approximate surface area is 167 Å². The zero-order valence-corrected chi connectivity index (χ0v) is 16.0. The highest BCUT2D eigenvalue weighted by molar-refractivity contribution is 5.66. The van der Waals surface area contributed by atoms with Crippen LogP contribution in [0.4, 0.5) is 5.88 Å². The van der Waals surface area contributed by atoms with Crippen LogP contribution in [0.1, 0.15) is 23.7 Å². The average molecular weight is 388 g/mol. The molecule has 2 atom stereocenters. The molecule has 0 radical (unpaired) electrons. The van der Waals surface area contributed by atoms with Crippen LogP contribution in [0.3, 0.4) is 0 Å². The van der Waals surface area contributed by atoms with Gasteiger partial charge in [-0.15, -0.1) is 0 Å². The lowest BCUT2D eigenvalue weighted by atomic mass is 9.83. The third-order valence-corrected chi connectivity index (χ3v) is 5.82. The van der Waals surface area contributed by atoms with Crippen molar-refractivity contribution in [1.29, 1.82) is 5.26 Å². The van der Waals surface area contributed by atoms with E-state index in [0.29, 0.717) is 42.1 Å². The predicted molar refractivity (Wildman–Crippen MR) is 107 cm³/mol. The molecule has 1 saturated heterocycles. The molecule has 7 heteroatoms. The molecular formula is C22H20N4O3. The molecule has 2 aliphatic rings. The highest BCUT2D eigenvalue weighted by atomic mass is 16.5. The number of methoxy groups -OCH3 is 1. The van der Waals surface area contributed by atoms with Crippen molar-refractivity contribution in [2.45, 2.75) is 18.9 Å². The molecule has 2 unspecified atom stereocenters. The van der Waals surface area contributed by atoms with E-state index < -0.39 is 0 Å². The van der Waals surface area contributed by atoms with Gasteiger partial charge in [-0.2, -0.15) is 10.2 Å². The number of para-hydroxylation sites is 1. The van der Waals surface area contributed by atoms with E-state index in [1.807, 2.05) is 41.0 Å². The molecule has 0 amide bonds. The number of nitriles is 1. The minimum absolute atomic E-state index is 0.0569. The van der Waals surface area contributed by atoms with Crippen LogP contribution in [0.5, 0.6) is 5.75 Å². The van der Waals surface area contributed by atoms with Gasteiger partial charge in [-0.3, -0.25) is 4.79 Å². The first-order chi connectivity index (χ1) is 14.2. The van der Waals surface area contributed by atoms with Gasteiger partial charge in [-0.05, 0) is 30.5 Å². The van der Waals surface area contributed by atoms with Crippen molar-refractivity contribution < 1.29 is 9.15 Å². The molecule has 5 rings (SSSR count). The molecule has 0 N–H and O–H groups in total. The Hall–Kier alpha value is -3.53. The third kappa shape index (κ3) is 2.88. The average Bonchev–Trinajstić information content (AvgIpc) is 3.19. The number of anilines is 1. The van der Waals surface area contributed by atoms with Gasteiger partial charge in [0.25, 0.3) is 5.56 Å². The summed E-state index contributed by atoms with van der Waals surface area (Å²) in [5.41, 5.74) is 2.10. The van der Waals surface area contributed by atoms with Crippen molar-refractivity contribution in [3.8, 4) is 23.3 Å². The summed E-state index contributed by atoms with van der Waals surface area (Å²) in [4.78, 5) is 18.8. The highest BCUT2D eigenvalue weighted by Gasteiger charge is 2.37. The van der Waals surface area contributed by atoms with Gasteiger partial charge in [0.15, 0.2) is 0 Å². The van der Waals surface area contributed by atoms with Gasteiger partial charge < -0.3 is 18.6 Å². The van der Waals surface area contributed by atoms with Crippen molar-refractivity contribution in [2.75, 3.05) is 25.1 Å². The van der Waals surface area contributed by atoms with E-state index in [0.717, 1.165) is 18.7 Å². The quantitative estimate of drug-likeness (QED) is 0.686. The van der Waals surface area contributed by atoms with Gasteiger partial charge in [0.1, 0.15) is 11.8 Å². The zero-order valence-electron chi connectivity index (χ0n) is 16.0. The largest absolute Gasteiger partial charge is 0.496 e. The molecule has 3 aromatic rings. The maximum atomic E-state index is 12.2. The van der Waals surface area contributed by atoms with Gasteiger partial charge >= 0.3 is 0 Å². The van der Waals surface area contributed by atoms with Crippen molar-refractivity contribution in [3.63, 3.8) is 0 Å². The molecular weight excluding hydrogens is 368 g/mol. The maximum Gasteiger partial charge on any atom is 0.250 e. The molecule has 2 aliphatic heterocycles. The molecule has 2 bridgehead atoms. The lowest BCUT2D eigenvalue weighted by Crippen LogP contribution is -2.47. The molecule has 0 saturated carbocycles. The topological polar surface area (TPSA) is 84.3 Å². The number of hydrogen-bond donors (Lipinski definition) is 0. The second-order valence-electron chi connectivity index (χ2n) is 7.59. The fourth-order valence-corrected chi connectivity index (χ4v) is 4.60. The molecule has 4 heterocycles. The van der Waals surface area contributed by atoms with Crippen LogP contribution in [0.25, 0.3) is 11.5 Å². The van der Waals surface area contributed by atoms with E-state index in [4.69, 9.17) is 9.15 Å². The van der Waals surface area contributed by atoms with Crippen molar-refractivity contribution in [3.05, 3.63) is 64.2 Å².